The first-order valence-corrected chi connectivity index (χ1v) is 11.7. The Hall–Kier alpha value is -2.19. The Bertz CT molecular complexity index is 822. The predicted octanol–water partition coefficient (Wildman–Crippen LogP) is 6.16. The van der Waals surface area contributed by atoms with Crippen LogP contribution in [0.15, 0.2) is 12.1 Å². The molecule has 0 bridgehead atoms. The number of carbonyl (C=O) groups excluding carboxylic acids is 1. The minimum Gasteiger partial charge on any atom is -0.444 e. The molecule has 1 saturated heterocycles. The van der Waals surface area contributed by atoms with E-state index in [-0.39, 0.29) is 38.0 Å². The van der Waals surface area contributed by atoms with E-state index in [2.05, 4.69) is 10.6 Å². The van der Waals surface area contributed by atoms with Gasteiger partial charge in [-0.2, -0.15) is 13.2 Å². The van der Waals surface area contributed by atoms with Crippen LogP contribution in [0.4, 0.5) is 33.7 Å². The van der Waals surface area contributed by atoms with Gasteiger partial charge < -0.3 is 20.3 Å². The van der Waals surface area contributed by atoms with Crippen LogP contribution in [0, 0.1) is 18.7 Å². The fourth-order valence-corrected chi connectivity index (χ4v) is 4.59. The second-order valence-electron chi connectivity index (χ2n) is 10.3. The van der Waals surface area contributed by atoms with Gasteiger partial charge in [-0.15, -0.1) is 0 Å². The molecule has 1 aliphatic heterocycles. The number of benzene rings is 1. The van der Waals surface area contributed by atoms with Gasteiger partial charge >= 0.3 is 12.3 Å². The zero-order valence-electron chi connectivity index (χ0n) is 19.8. The van der Waals surface area contributed by atoms with Gasteiger partial charge in [-0.25, -0.2) is 9.18 Å². The lowest BCUT2D eigenvalue weighted by Gasteiger charge is -2.35. The van der Waals surface area contributed by atoms with Crippen LogP contribution in [0.2, 0.25) is 0 Å². The smallest absolute Gasteiger partial charge is 0.407 e. The van der Waals surface area contributed by atoms with Crippen molar-refractivity contribution >= 4 is 17.5 Å². The Balaban J connectivity index is 1.53. The molecular formula is C24H35F4N3O2. The Morgan fingerprint density at radius 3 is 2.12 bits per heavy atom. The van der Waals surface area contributed by atoms with E-state index in [9.17, 15) is 22.4 Å². The lowest BCUT2D eigenvalue weighted by molar-refractivity contribution is -0.179. The maximum atomic E-state index is 14.9. The maximum absolute atomic E-state index is 14.9. The summed E-state index contributed by atoms with van der Waals surface area (Å²) in [5.74, 6) is -1.73. The molecule has 1 amide bonds. The van der Waals surface area contributed by atoms with Crippen molar-refractivity contribution in [1.29, 1.82) is 0 Å². The van der Waals surface area contributed by atoms with Gasteiger partial charge in [0.2, 0.25) is 0 Å². The van der Waals surface area contributed by atoms with Crippen molar-refractivity contribution < 1.29 is 27.1 Å². The Morgan fingerprint density at radius 2 is 1.58 bits per heavy atom. The zero-order chi connectivity index (χ0) is 24.4. The largest absolute Gasteiger partial charge is 0.444 e. The molecule has 1 saturated carbocycles. The van der Waals surface area contributed by atoms with Crippen LogP contribution in [0.5, 0.6) is 0 Å². The van der Waals surface area contributed by atoms with Gasteiger partial charge in [-0.05, 0) is 83.9 Å². The summed E-state index contributed by atoms with van der Waals surface area (Å²) in [4.78, 5) is 13.7. The molecule has 2 fully saturated rings. The van der Waals surface area contributed by atoms with Crippen LogP contribution in [-0.2, 0) is 4.74 Å². The van der Waals surface area contributed by atoms with Gasteiger partial charge in [-0.3, -0.25) is 0 Å². The molecule has 186 valence electrons. The van der Waals surface area contributed by atoms with E-state index >= 15 is 0 Å². The highest BCUT2D eigenvalue weighted by Crippen LogP contribution is 2.37. The first-order valence-electron chi connectivity index (χ1n) is 11.7. The van der Waals surface area contributed by atoms with E-state index < -0.39 is 29.6 Å². The summed E-state index contributed by atoms with van der Waals surface area (Å²) in [5.41, 5.74) is 1.39. The number of amides is 1. The first kappa shape index (κ1) is 25.4. The summed E-state index contributed by atoms with van der Waals surface area (Å²) in [6.07, 6.45) is -1.37. The van der Waals surface area contributed by atoms with E-state index in [4.69, 9.17) is 4.74 Å². The summed E-state index contributed by atoms with van der Waals surface area (Å²) in [6.45, 7) is 7.74. The lowest BCUT2D eigenvalue weighted by atomic mass is 9.91. The molecule has 5 nitrogen and oxygen atoms in total. The molecule has 1 aromatic carbocycles. The van der Waals surface area contributed by atoms with Crippen molar-refractivity contribution in [2.24, 2.45) is 5.92 Å². The average molecular weight is 474 g/mol. The number of piperidine rings is 1. The third-order valence-corrected chi connectivity index (χ3v) is 6.40. The topological polar surface area (TPSA) is 53.6 Å². The highest BCUT2D eigenvalue weighted by molar-refractivity contribution is 5.68. The van der Waals surface area contributed by atoms with Crippen molar-refractivity contribution in [2.75, 3.05) is 23.3 Å². The Kier molecular flexibility index (Phi) is 7.69. The number of carbonyl (C=O) groups is 1. The van der Waals surface area contributed by atoms with Gasteiger partial charge in [0.15, 0.2) is 0 Å². The van der Waals surface area contributed by atoms with Crippen molar-refractivity contribution in [3.63, 3.8) is 0 Å². The number of hydrogen-bond acceptors (Lipinski definition) is 4. The number of nitrogens with one attached hydrogen (secondary N) is 2. The van der Waals surface area contributed by atoms with Crippen molar-refractivity contribution in [2.45, 2.75) is 90.1 Å². The molecule has 0 unspecified atom stereocenters. The van der Waals surface area contributed by atoms with Crippen LogP contribution in [0.25, 0.3) is 0 Å². The van der Waals surface area contributed by atoms with Crippen molar-refractivity contribution in [3.05, 3.63) is 23.5 Å². The van der Waals surface area contributed by atoms with E-state index in [0.29, 0.717) is 11.4 Å². The maximum Gasteiger partial charge on any atom is 0.407 e. The summed E-state index contributed by atoms with van der Waals surface area (Å²) >= 11 is 0. The zero-order valence-corrected chi connectivity index (χ0v) is 19.8. The van der Waals surface area contributed by atoms with E-state index in [1.54, 1.807) is 11.0 Å². The van der Waals surface area contributed by atoms with Crippen LogP contribution < -0.4 is 15.5 Å². The van der Waals surface area contributed by atoms with Crippen LogP contribution in [0.1, 0.15) is 64.9 Å². The minimum atomic E-state index is -4.18. The summed E-state index contributed by atoms with van der Waals surface area (Å²) in [6, 6.07) is 3.39. The third kappa shape index (κ3) is 7.14. The third-order valence-electron chi connectivity index (χ3n) is 6.40. The summed E-state index contributed by atoms with van der Waals surface area (Å²) < 4.78 is 58.9. The van der Waals surface area contributed by atoms with E-state index in [0.717, 1.165) is 31.2 Å². The number of hydrogen-bond donors (Lipinski definition) is 2. The van der Waals surface area contributed by atoms with Gasteiger partial charge in [0.1, 0.15) is 11.4 Å². The number of anilines is 2. The van der Waals surface area contributed by atoms with Gasteiger partial charge in [0, 0.05) is 30.9 Å². The number of halogens is 4. The van der Waals surface area contributed by atoms with Gasteiger partial charge in [-0.1, -0.05) is 0 Å². The van der Waals surface area contributed by atoms with E-state index in [1.807, 2.05) is 27.7 Å². The number of aryl methyl sites for hydroxylation is 1. The number of ether oxygens (including phenoxy) is 1. The summed E-state index contributed by atoms with van der Waals surface area (Å²) in [5, 5.41) is 6.32. The summed E-state index contributed by atoms with van der Waals surface area (Å²) in [7, 11) is 0. The Labute approximate surface area is 193 Å². The minimum absolute atomic E-state index is 0.0113. The highest BCUT2D eigenvalue weighted by atomic mass is 19.4. The van der Waals surface area contributed by atoms with E-state index in [1.165, 1.54) is 6.07 Å². The van der Waals surface area contributed by atoms with Gasteiger partial charge in [0.25, 0.3) is 0 Å². The fraction of sp³-hybridized carbons (Fsp3) is 0.708. The molecule has 1 aromatic rings. The second-order valence-corrected chi connectivity index (χ2v) is 10.3. The number of nitrogens with zero attached hydrogens (tertiary/aromatic N) is 1. The molecule has 2 aliphatic rings. The molecule has 33 heavy (non-hydrogen) atoms. The average Bonchev–Trinajstić information content (AvgIpc) is 2.70. The molecule has 0 spiro atoms. The molecule has 2 N–H and O–H groups in total. The van der Waals surface area contributed by atoms with Gasteiger partial charge in [0.05, 0.1) is 11.6 Å². The molecule has 3 rings (SSSR count). The molecule has 1 heterocycles. The Morgan fingerprint density at radius 1 is 1.00 bits per heavy atom. The van der Waals surface area contributed by atoms with Crippen LogP contribution in [0.3, 0.4) is 0 Å². The van der Waals surface area contributed by atoms with Crippen LogP contribution in [-0.4, -0.2) is 43.0 Å². The standard InChI is InChI=1S/C24H35F4N3O2/c1-15-13-21(31-11-9-16(10-12-31)24(26,27)28)19(25)14-20(15)29-17-5-7-18(8-6-17)30-22(32)33-23(2,3)4/h13-14,16-18,29H,5-12H2,1-4H3,(H,30,32). The molecule has 1 aliphatic carbocycles. The fourth-order valence-electron chi connectivity index (χ4n) is 4.59. The normalized spacial score (nSPS) is 22.7. The van der Waals surface area contributed by atoms with Crippen molar-refractivity contribution in [1.82, 2.24) is 5.32 Å². The molecule has 0 aromatic heterocycles. The van der Waals surface area contributed by atoms with Crippen LogP contribution >= 0.6 is 0 Å². The molecular weight excluding hydrogens is 438 g/mol. The highest BCUT2D eigenvalue weighted by Gasteiger charge is 2.41. The number of alkyl carbamates (subject to hydrolysis) is 1. The molecule has 0 radical (unpaired) electrons. The SMILES string of the molecule is Cc1cc(N2CCC(C(F)(F)F)CC2)c(F)cc1NC1CCC(NC(=O)OC(C)(C)C)CC1. The first-order chi connectivity index (χ1) is 15.3. The second kappa shape index (κ2) is 9.97. The quantitative estimate of drug-likeness (QED) is 0.514. The lowest BCUT2D eigenvalue weighted by Crippen LogP contribution is -2.42. The van der Waals surface area contributed by atoms with Crippen molar-refractivity contribution in [3.8, 4) is 0 Å². The molecule has 9 heteroatoms. The monoisotopic (exact) mass is 473 g/mol. The predicted molar refractivity (Wildman–Crippen MR) is 121 cm³/mol. The molecule has 0 atom stereocenters. The number of alkyl halides is 3. The number of rotatable bonds is 4.